The van der Waals surface area contributed by atoms with Crippen LogP contribution >= 0.6 is 0 Å². The second kappa shape index (κ2) is 4.67. The van der Waals surface area contributed by atoms with Crippen LogP contribution in [0.15, 0.2) is 30.5 Å². The summed E-state index contributed by atoms with van der Waals surface area (Å²) in [6, 6.07) is 7.21. The number of fused-ring (bicyclic) bond motifs is 1. The van der Waals surface area contributed by atoms with Gasteiger partial charge in [-0.3, -0.25) is 9.59 Å². The Morgan fingerprint density at radius 2 is 2.15 bits per heavy atom. The van der Waals surface area contributed by atoms with Crippen LogP contribution in [0.4, 0.5) is 0 Å². The quantitative estimate of drug-likeness (QED) is 0.879. The highest BCUT2D eigenvalue weighted by Crippen LogP contribution is 2.27. The Balaban J connectivity index is 1.94. The third kappa shape index (κ3) is 1.86. The van der Waals surface area contributed by atoms with Gasteiger partial charge in [0.25, 0.3) is 5.91 Å². The van der Waals surface area contributed by atoms with Gasteiger partial charge in [0, 0.05) is 24.2 Å². The van der Waals surface area contributed by atoms with Gasteiger partial charge in [-0.15, -0.1) is 0 Å². The molecule has 5 heteroatoms. The number of hydrogen-bond donors (Lipinski definition) is 2. The van der Waals surface area contributed by atoms with Crippen LogP contribution in [0.5, 0.6) is 0 Å². The summed E-state index contributed by atoms with van der Waals surface area (Å²) < 4.78 is 0. The number of nitrogens with one attached hydrogen (secondary N) is 1. The number of likely N-dealkylation sites (tertiary alicyclic amines) is 1. The monoisotopic (exact) mass is 272 g/mol. The normalized spacial score (nSPS) is 22.4. The van der Waals surface area contributed by atoms with Crippen molar-refractivity contribution in [3.63, 3.8) is 0 Å². The summed E-state index contributed by atoms with van der Waals surface area (Å²) in [6.07, 6.45) is 2.32. The fraction of sp³-hybridized carbons (Fsp3) is 0.333. The number of H-pyrrole nitrogens is 1. The molecule has 2 atom stereocenters. The van der Waals surface area contributed by atoms with E-state index in [-0.39, 0.29) is 11.9 Å². The lowest BCUT2D eigenvalue weighted by Gasteiger charge is -2.23. The number of carbonyl (C=O) groups is 2. The summed E-state index contributed by atoms with van der Waals surface area (Å²) in [4.78, 5) is 28.5. The van der Waals surface area contributed by atoms with E-state index in [0.29, 0.717) is 18.5 Å². The SMILES string of the molecule is CC1C(C(=O)O)CCN1C(=O)c1cccc2cc[nH]c12. The second-order valence-corrected chi connectivity index (χ2v) is 5.22. The van der Waals surface area contributed by atoms with Gasteiger partial charge >= 0.3 is 5.97 Å². The molecule has 2 heterocycles. The fourth-order valence-corrected chi connectivity index (χ4v) is 2.97. The van der Waals surface area contributed by atoms with Crippen LogP contribution in [-0.4, -0.2) is 39.5 Å². The molecular formula is C15H16N2O3. The molecule has 5 nitrogen and oxygen atoms in total. The number of hydrogen-bond acceptors (Lipinski definition) is 2. The minimum Gasteiger partial charge on any atom is -0.481 e. The van der Waals surface area contributed by atoms with E-state index in [1.807, 2.05) is 18.2 Å². The summed E-state index contributed by atoms with van der Waals surface area (Å²) >= 11 is 0. The molecule has 0 aliphatic carbocycles. The van der Waals surface area contributed by atoms with Crippen molar-refractivity contribution in [3.05, 3.63) is 36.0 Å². The molecule has 1 aromatic carbocycles. The van der Waals surface area contributed by atoms with Crippen molar-refractivity contribution in [2.45, 2.75) is 19.4 Å². The molecule has 20 heavy (non-hydrogen) atoms. The van der Waals surface area contributed by atoms with Crippen molar-refractivity contribution in [2.75, 3.05) is 6.54 Å². The highest BCUT2D eigenvalue weighted by atomic mass is 16.4. The van der Waals surface area contributed by atoms with Crippen LogP contribution in [0.1, 0.15) is 23.7 Å². The molecule has 1 aliphatic heterocycles. The largest absolute Gasteiger partial charge is 0.481 e. The fourth-order valence-electron chi connectivity index (χ4n) is 2.97. The van der Waals surface area contributed by atoms with Gasteiger partial charge in [0.2, 0.25) is 0 Å². The molecule has 3 rings (SSSR count). The molecule has 104 valence electrons. The van der Waals surface area contributed by atoms with Crippen LogP contribution in [0.25, 0.3) is 10.9 Å². The van der Waals surface area contributed by atoms with Crippen LogP contribution in [0.2, 0.25) is 0 Å². The standard InChI is InChI=1S/C15H16N2O3/c1-9-11(15(19)20)6-8-17(9)14(18)12-4-2-3-10-5-7-16-13(10)12/h2-5,7,9,11,16H,6,8H2,1H3,(H,19,20). The van der Waals surface area contributed by atoms with Crippen LogP contribution in [0, 0.1) is 5.92 Å². The maximum Gasteiger partial charge on any atom is 0.308 e. The number of aromatic nitrogens is 1. The van der Waals surface area contributed by atoms with E-state index in [4.69, 9.17) is 5.11 Å². The first-order valence-electron chi connectivity index (χ1n) is 6.69. The molecule has 2 unspecified atom stereocenters. The van der Waals surface area contributed by atoms with Gasteiger partial charge in [0.15, 0.2) is 0 Å². The summed E-state index contributed by atoms with van der Waals surface area (Å²) in [6.45, 7) is 2.30. The van der Waals surface area contributed by atoms with Gasteiger partial charge < -0.3 is 15.0 Å². The molecule has 0 saturated carbocycles. The number of benzene rings is 1. The van der Waals surface area contributed by atoms with Crippen LogP contribution in [0.3, 0.4) is 0 Å². The maximum atomic E-state index is 12.7. The molecule has 1 amide bonds. The Morgan fingerprint density at radius 1 is 1.35 bits per heavy atom. The zero-order valence-electron chi connectivity index (χ0n) is 11.2. The first-order valence-corrected chi connectivity index (χ1v) is 6.69. The number of carboxylic acids is 1. The summed E-state index contributed by atoms with van der Waals surface area (Å²) in [5.41, 5.74) is 1.41. The zero-order valence-corrected chi connectivity index (χ0v) is 11.2. The van der Waals surface area contributed by atoms with Crippen LogP contribution < -0.4 is 0 Å². The van der Waals surface area contributed by atoms with Crippen LogP contribution in [-0.2, 0) is 4.79 Å². The van der Waals surface area contributed by atoms with Gasteiger partial charge in [0.1, 0.15) is 0 Å². The van der Waals surface area contributed by atoms with E-state index in [1.54, 1.807) is 24.1 Å². The number of aromatic amines is 1. The predicted molar refractivity (Wildman–Crippen MR) is 74.5 cm³/mol. The Labute approximate surface area is 116 Å². The van der Waals surface area contributed by atoms with E-state index < -0.39 is 11.9 Å². The number of rotatable bonds is 2. The molecule has 0 radical (unpaired) electrons. The number of aliphatic carboxylic acids is 1. The Bertz CT molecular complexity index is 677. The highest BCUT2D eigenvalue weighted by molar-refractivity contribution is 6.06. The third-order valence-corrected chi connectivity index (χ3v) is 4.15. The third-order valence-electron chi connectivity index (χ3n) is 4.15. The van der Waals surface area contributed by atoms with E-state index >= 15 is 0 Å². The smallest absolute Gasteiger partial charge is 0.308 e. The minimum absolute atomic E-state index is 0.102. The number of carbonyl (C=O) groups excluding carboxylic acids is 1. The predicted octanol–water partition coefficient (Wildman–Crippen LogP) is 2.10. The highest BCUT2D eigenvalue weighted by Gasteiger charge is 2.38. The van der Waals surface area contributed by atoms with E-state index in [9.17, 15) is 9.59 Å². The summed E-state index contributed by atoms with van der Waals surface area (Å²) in [5.74, 6) is -1.40. The minimum atomic E-state index is -0.828. The average Bonchev–Trinajstić information content (AvgIpc) is 3.03. The molecule has 0 bridgehead atoms. The van der Waals surface area contributed by atoms with Crippen molar-refractivity contribution < 1.29 is 14.7 Å². The number of amides is 1. The molecule has 0 spiro atoms. The Hall–Kier alpha value is -2.30. The number of nitrogens with zero attached hydrogens (tertiary/aromatic N) is 1. The average molecular weight is 272 g/mol. The van der Waals surface area contributed by atoms with Gasteiger partial charge in [-0.25, -0.2) is 0 Å². The number of para-hydroxylation sites is 1. The molecular weight excluding hydrogens is 256 g/mol. The zero-order chi connectivity index (χ0) is 14.3. The van der Waals surface area contributed by atoms with E-state index in [2.05, 4.69) is 4.98 Å². The Morgan fingerprint density at radius 3 is 2.85 bits per heavy atom. The van der Waals surface area contributed by atoms with Gasteiger partial charge in [-0.2, -0.15) is 0 Å². The number of carboxylic acid groups (broad SMARTS) is 1. The van der Waals surface area contributed by atoms with Gasteiger partial charge in [0.05, 0.1) is 17.0 Å². The van der Waals surface area contributed by atoms with E-state index in [1.165, 1.54) is 0 Å². The van der Waals surface area contributed by atoms with Crippen molar-refractivity contribution in [3.8, 4) is 0 Å². The maximum absolute atomic E-state index is 12.7. The molecule has 1 saturated heterocycles. The van der Waals surface area contributed by atoms with E-state index in [0.717, 1.165) is 10.9 Å². The van der Waals surface area contributed by atoms with Crippen molar-refractivity contribution in [1.29, 1.82) is 0 Å². The molecule has 1 fully saturated rings. The topological polar surface area (TPSA) is 73.4 Å². The van der Waals surface area contributed by atoms with Crippen molar-refractivity contribution >= 4 is 22.8 Å². The Kier molecular flexibility index (Phi) is 2.97. The molecule has 2 aromatic rings. The van der Waals surface area contributed by atoms with Crippen molar-refractivity contribution in [2.24, 2.45) is 5.92 Å². The molecule has 1 aromatic heterocycles. The van der Waals surface area contributed by atoms with Gasteiger partial charge in [-0.05, 0) is 25.5 Å². The lowest BCUT2D eigenvalue weighted by atomic mass is 10.0. The first-order chi connectivity index (χ1) is 9.59. The second-order valence-electron chi connectivity index (χ2n) is 5.22. The lowest BCUT2D eigenvalue weighted by Crippen LogP contribution is -2.37. The molecule has 2 N–H and O–H groups in total. The van der Waals surface area contributed by atoms with Gasteiger partial charge in [-0.1, -0.05) is 12.1 Å². The lowest BCUT2D eigenvalue weighted by molar-refractivity contribution is -0.142. The first kappa shape index (κ1) is 12.7. The summed E-state index contributed by atoms with van der Waals surface area (Å²) in [7, 11) is 0. The molecule has 1 aliphatic rings. The summed E-state index contributed by atoms with van der Waals surface area (Å²) in [5, 5.41) is 10.1. The van der Waals surface area contributed by atoms with Crippen molar-refractivity contribution in [1.82, 2.24) is 9.88 Å².